The van der Waals surface area contributed by atoms with Gasteiger partial charge in [0.2, 0.25) is 0 Å². The van der Waals surface area contributed by atoms with Gasteiger partial charge in [-0.2, -0.15) is 0 Å². The van der Waals surface area contributed by atoms with Crippen LogP contribution in [-0.2, 0) is 14.6 Å². The summed E-state index contributed by atoms with van der Waals surface area (Å²) in [4.78, 5) is 11.6. The molecule has 2 aromatic rings. The number of allylic oxidation sites excluding steroid dienone is 2. The van der Waals surface area contributed by atoms with Crippen LogP contribution in [0.3, 0.4) is 0 Å². The largest absolute Gasteiger partial charge is 0.497 e. The molecule has 0 amide bonds. The molecule has 1 aliphatic carbocycles. The van der Waals surface area contributed by atoms with Crippen molar-refractivity contribution in [1.82, 2.24) is 0 Å². The summed E-state index contributed by atoms with van der Waals surface area (Å²) in [6.07, 6.45) is 3.05. The first-order valence-corrected chi connectivity index (χ1v) is 10.2. The quantitative estimate of drug-likeness (QED) is 0.846. The molecule has 2 aromatic carbocycles. The van der Waals surface area contributed by atoms with E-state index in [-0.39, 0.29) is 11.3 Å². The lowest BCUT2D eigenvalue weighted by Crippen LogP contribution is -1.97. The molecule has 0 unspecified atom stereocenters. The summed E-state index contributed by atoms with van der Waals surface area (Å²) in [5, 5.41) is 9.28. The van der Waals surface area contributed by atoms with Crippen molar-refractivity contribution in [1.29, 1.82) is 0 Å². The molecule has 1 N–H and O–H groups in total. The molecule has 1 aliphatic rings. The number of carboxylic acids is 1. The minimum Gasteiger partial charge on any atom is -0.497 e. The van der Waals surface area contributed by atoms with E-state index in [9.17, 15) is 18.3 Å². The highest BCUT2D eigenvalue weighted by Gasteiger charge is 2.25. The van der Waals surface area contributed by atoms with E-state index in [1.165, 1.54) is 6.26 Å². The van der Waals surface area contributed by atoms with E-state index in [1.807, 2.05) is 31.2 Å². The number of ether oxygens (including phenoxy) is 1. The molecule has 0 atom stereocenters. The maximum absolute atomic E-state index is 11.6. The number of hydrogen-bond acceptors (Lipinski definition) is 4. The van der Waals surface area contributed by atoms with E-state index in [1.54, 1.807) is 31.4 Å². The summed E-state index contributed by atoms with van der Waals surface area (Å²) in [5.41, 5.74) is 5.22. The summed E-state index contributed by atoms with van der Waals surface area (Å²) < 4.78 is 28.5. The third-order valence-electron chi connectivity index (χ3n) is 4.65. The second-order valence-corrected chi connectivity index (χ2v) is 8.50. The van der Waals surface area contributed by atoms with Crippen molar-refractivity contribution in [2.24, 2.45) is 0 Å². The third kappa shape index (κ3) is 3.80. The van der Waals surface area contributed by atoms with Crippen LogP contribution in [0.2, 0.25) is 0 Å². The zero-order valence-electron chi connectivity index (χ0n) is 15.3. The van der Waals surface area contributed by atoms with Crippen molar-refractivity contribution in [3.63, 3.8) is 0 Å². The molecule has 0 bridgehead atoms. The van der Waals surface area contributed by atoms with E-state index in [0.717, 1.165) is 33.4 Å². The fraction of sp³-hybridized carbons (Fsp3) is 0.190. The molecule has 0 heterocycles. The number of sulfone groups is 1. The maximum atomic E-state index is 11.6. The SMILES string of the molecule is COc1ccc2c(c1)C(CC(=O)O)=C(C)C2=Cc1ccc(S(C)(=O)=O)cc1. The number of hydrogen-bond donors (Lipinski definition) is 1. The van der Waals surface area contributed by atoms with E-state index >= 15 is 0 Å². The first kappa shape index (κ1) is 18.9. The smallest absolute Gasteiger partial charge is 0.307 e. The molecule has 0 aliphatic heterocycles. The van der Waals surface area contributed by atoms with Crippen LogP contribution in [0.1, 0.15) is 30.0 Å². The first-order chi connectivity index (χ1) is 12.7. The van der Waals surface area contributed by atoms with Crippen LogP contribution >= 0.6 is 0 Å². The lowest BCUT2D eigenvalue weighted by molar-refractivity contribution is -0.135. The van der Waals surface area contributed by atoms with E-state index in [2.05, 4.69) is 0 Å². The number of carbonyl (C=O) groups is 1. The Kier molecular flexibility index (Phi) is 4.93. The van der Waals surface area contributed by atoms with Crippen molar-refractivity contribution < 1.29 is 23.1 Å². The monoisotopic (exact) mass is 384 g/mol. The molecule has 0 fully saturated rings. The van der Waals surface area contributed by atoms with Crippen LogP contribution in [-0.4, -0.2) is 32.9 Å². The van der Waals surface area contributed by atoms with Gasteiger partial charge in [-0.15, -0.1) is 0 Å². The zero-order valence-corrected chi connectivity index (χ0v) is 16.1. The van der Waals surface area contributed by atoms with E-state index in [0.29, 0.717) is 5.75 Å². The highest BCUT2D eigenvalue weighted by molar-refractivity contribution is 7.90. The van der Waals surface area contributed by atoms with Crippen LogP contribution in [0.5, 0.6) is 5.75 Å². The molecule has 0 saturated heterocycles. The van der Waals surface area contributed by atoms with Gasteiger partial charge >= 0.3 is 5.97 Å². The Morgan fingerprint density at radius 3 is 2.33 bits per heavy atom. The molecule has 0 spiro atoms. The van der Waals surface area contributed by atoms with Gasteiger partial charge in [-0.1, -0.05) is 18.2 Å². The lowest BCUT2D eigenvalue weighted by Gasteiger charge is -2.07. The molecule has 6 heteroatoms. The Morgan fingerprint density at radius 1 is 1.11 bits per heavy atom. The van der Waals surface area contributed by atoms with Gasteiger partial charge in [0.15, 0.2) is 9.84 Å². The molecular formula is C21H20O5S. The normalized spacial score (nSPS) is 15.1. The van der Waals surface area contributed by atoms with Crippen LogP contribution in [0, 0.1) is 0 Å². The molecule has 140 valence electrons. The number of fused-ring (bicyclic) bond motifs is 1. The van der Waals surface area contributed by atoms with Gasteiger partial charge in [0.1, 0.15) is 5.75 Å². The summed E-state index contributed by atoms with van der Waals surface area (Å²) in [6.45, 7) is 1.90. The summed E-state index contributed by atoms with van der Waals surface area (Å²) in [5.74, 6) is -0.222. The summed E-state index contributed by atoms with van der Waals surface area (Å²) in [6, 6.07) is 12.3. The Balaban J connectivity index is 2.11. The standard InChI is InChI=1S/C21H20O5S/c1-13-18(10-14-4-7-16(8-5-14)27(3,24)25)17-9-6-15(26-2)11-20(17)19(13)12-21(22)23/h4-11H,12H2,1-3H3,(H,22,23). The molecule has 0 aromatic heterocycles. The molecule has 3 rings (SSSR count). The average molecular weight is 384 g/mol. The summed E-state index contributed by atoms with van der Waals surface area (Å²) >= 11 is 0. The molecule has 0 radical (unpaired) electrons. The third-order valence-corrected chi connectivity index (χ3v) is 5.77. The van der Waals surface area contributed by atoms with Crippen molar-refractivity contribution in [2.75, 3.05) is 13.4 Å². The minimum atomic E-state index is -3.25. The Labute approximate surface area is 158 Å². The first-order valence-electron chi connectivity index (χ1n) is 8.33. The van der Waals surface area contributed by atoms with Crippen LogP contribution < -0.4 is 4.74 Å². The summed E-state index contributed by atoms with van der Waals surface area (Å²) in [7, 11) is -1.67. The fourth-order valence-corrected chi connectivity index (χ4v) is 3.87. The van der Waals surface area contributed by atoms with Crippen molar-refractivity contribution >= 4 is 33.0 Å². The zero-order chi connectivity index (χ0) is 19.8. The van der Waals surface area contributed by atoms with Gasteiger partial charge in [0.05, 0.1) is 18.4 Å². The van der Waals surface area contributed by atoms with Gasteiger partial charge in [0.25, 0.3) is 0 Å². The predicted octanol–water partition coefficient (Wildman–Crippen LogP) is 3.90. The fourth-order valence-electron chi connectivity index (χ4n) is 3.24. The van der Waals surface area contributed by atoms with Crippen LogP contribution in [0.25, 0.3) is 17.2 Å². The predicted molar refractivity (Wildman–Crippen MR) is 105 cm³/mol. The Morgan fingerprint density at radius 2 is 1.78 bits per heavy atom. The molecule has 27 heavy (non-hydrogen) atoms. The Hall–Kier alpha value is -2.86. The highest BCUT2D eigenvalue weighted by atomic mass is 32.2. The number of methoxy groups -OCH3 is 1. The van der Waals surface area contributed by atoms with Gasteiger partial charge in [0, 0.05) is 6.26 Å². The highest BCUT2D eigenvalue weighted by Crippen LogP contribution is 2.44. The topological polar surface area (TPSA) is 80.7 Å². The molecular weight excluding hydrogens is 364 g/mol. The Bertz CT molecular complexity index is 1070. The van der Waals surface area contributed by atoms with Crippen molar-refractivity contribution in [2.45, 2.75) is 18.2 Å². The number of rotatable bonds is 5. The average Bonchev–Trinajstić information content (AvgIpc) is 2.86. The minimum absolute atomic E-state index is 0.0731. The van der Waals surface area contributed by atoms with Gasteiger partial charge < -0.3 is 9.84 Å². The number of benzene rings is 2. The van der Waals surface area contributed by atoms with Crippen molar-refractivity contribution in [3.8, 4) is 5.75 Å². The van der Waals surface area contributed by atoms with Gasteiger partial charge in [-0.05, 0) is 70.7 Å². The maximum Gasteiger partial charge on any atom is 0.307 e. The van der Waals surface area contributed by atoms with Gasteiger partial charge in [-0.25, -0.2) is 8.42 Å². The van der Waals surface area contributed by atoms with Crippen LogP contribution in [0.4, 0.5) is 0 Å². The van der Waals surface area contributed by atoms with Crippen LogP contribution in [0.15, 0.2) is 52.9 Å². The van der Waals surface area contributed by atoms with Gasteiger partial charge in [-0.3, -0.25) is 4.79 Å². The number of aliphatic carboxylic acids is 1. The second kappa shape index (κ2) is 7.04. The lowest BCUT2D eigenvalue weighted by atomic mass is 10.0. The second-order valence-electron chi connectivity index (χ2n) is 6.48. The van der Waals surface area contributed by atoms with E-state index in [4.69, 9.17) is 4.74 Å². The van der Waals surface area contributed by atoms with Crippen molar-refractivity contribution in [3.05, 3.63) is 64.7 Å². The van der Waals surface area contributed by atoms with E-state index < -0.39 is 15.8 Å². The molecule has 0 saturated carbocycles. The number of carboxylic acid groups (broad SMARTS) is 1. The molecule has 5 nitrogen and oxygen atoms in total.